The van der Waals surface area contributed by atoms with Crippen LogP contribution in [0.1, 0.15) is 48.5 Å². The van der Waals surface area contributed by atoms with E-state index in [0.29, 0.717) is 63.2 Å². The van der Waals surface area contributed by atoms with Crippen LogP contribution < -0.4 is 4.74 Å². The lowest BCUT2D eigenvalue weighted by Gasteiger charge is -2.40. The van der Waals surface area contributed by atoms with Crippen molar-refractivity contribution in [2.75, 3.05) is 33.4 Å². The van der Waals surface area contributed by atoms with Crippen LogP contribution in [-0.2, 0) is 0 Å². The molecule has 0 bridgehead atoms. The van der Waals surface area contributed by atoms with Crippen molar-refractivity contribution in [1.29, 1.82) is 0 Å². The number of methoxy groups -OCH3 is 1. The maximum Gasteiger partial charge on any atom is 0.144 e. The molecule has 0 spiro atoms. The number of hydrogen-bond acceptors (Lipinski definition) is 5. The number of fused-ring (bicyclic) bond motifs is 1. The van der Waals surface area contributed by atoms with Crippen molar-refractivity contribution >= 4 is 10.9 Å². The first-order chi connectivity index (χ1) is 17.7. The lowest BCUT2D eigenvalue weighted by Crippen LogP contribution is -2.42. The second-order valence-corrected chi connectivity index (χ2v) is 9.77. The van der Waals surface area contributed by atoms with Gasteiger partial charge in [-0.3, -0.25) is 9.88 Å². The molecule has 5 nitrogen and oxygen atoms in total. The quantitative estimate of drug-likeness (QED) is 0.441. The van der Waals surface area contributed by atoms with Crippen LogP contribution in [0.15, 0.2) is 36.5 Å². The predicted molar refractivity (Wildman–Crippen MR) is 136 cm³/mol. The number of aryl methyl sites for hydroxylation is 1. The van der Waals surface area contributed by atoms with Gasteiger partial charge >= 0.3 is 0 Å². The van der Waals surface area contributed by atoms with E-state index in [1.165, 1.54) is 0 Å². The summed E-state index contributed by atoms with van der Waals surface area (Å²) in [6.07, 6.45) is 3.59. The number of piperidine rings is 1. The fraction of sp³-hybridized carbons (Fsp3) is 0.414. The van der Waals surface area contributed by atoms with Crippen molar-refractivity contribution in [2.24, 2.45) is 5.41 Å². The molecule has 1 saturated heterocycles. The number of halogens is 3. The molecule has 8 heteroatoms. The minimum absolute atomic E-state index is 0.00907. The van der Waals surface area contributed by atoms with Crippen LogP contribution in [0, 0.1) is 41.6 Å². The molecule has 0 aliphatic carbocycles. The third-order valence-corrected chi connectivity index (χ3v) is 7.37. The second kappa shape index (κ2) is 11.5. The Labute approximate surface area is 214 Å². The molecule has 37 heavy (non-hydrogen) atoms. The van der Waals surface area contributed by atoms with E-state index in [1.807, 2.05) is 25.1 Å². The summed E-state index contributed by atoms with van der Waals surface area (Å²) in [6.45, 7) is 3.57. The van der Waals surface area contributed by atoms with Gasteiger partial charge in [0.2, 0.25) is 0 Å². The summed E-state index contributed by atoms with van der Waals surface area (Å²) in [6, 6.07) is 6.83. The number of hydrogen-bond donors (Lipinski definition) is 2. The van der Waals surface area contributed by atoms with Crippen LogP contribution in [0.25, 0.3) is 10.9 Å². The van der Waals surface area contributed by atoms with Crippen molar-refractivity contribution < 1.29 is 28.1 Å². The summed E-state index contributed by atoms with van der Waals surface area (Å²) in [5.41, 5.74) is 1.74. The molecular formula is C29H31F3N2O3. The zero-order chi connectivity index (χ0) is 26.6. The summed E-state index contributed by atoms with van der Waals surface area (Å²) < 4.78 is 46.0. The second-order valence-electron chi connectivity index (χ2n) is 9.77. The number of nitrogens with zero attached hydrogens (tertiary/aromatic N) is 2. The molecule has 0 saturated carbocycles. The molecule has 3 aromatic rings. The topological polar surface area (TPSA) is 65.8 Å². The Kier molecular flexibility index (Phi) is 8.38. The number of aliphatic hydroxyl groups is 2. The molecule has 4 rings (SSSR count). The van der Waals surface area contributed by atoms with Crippen LogP contribution in [0.5, 0.6) is 5.75 Å². The lowest BCUT2D eigenvalue weighted by molar-refractivity contribution is 0.0273. The number of ether oxygens (including phenoxy) is 1. The van der Waals surface area contributed by atoms with Crippen molar-refractivity contribution in [2.45, 2.75) is 38.7 Å². The van der Waals surface area contributed by atoms with E-state index in [0.717, 1.165) is 22.0 Å². The van der Waals surface area contributed by atoms with E-state index in [4.69, 9.17) is 4.74 Å². The maximum atomic E-state index is 13.8. The molecule has 1 fully saturated rings. The third-order valence-electron chi connectivity index (χ3n) is 7.37. The van der Waals surface area contributed by atoms with Gasteiger partial charge in [0.1, 0.15) is 23.2 Å². The number of aromatic nitrogens is 1. The van der Waals surface area contributed by atoms with Crippen molar-refractivity contribution in [3.05, 3.63) is 70.7 Å². The number of pyridine rings is 1. The molecule has 1 aliphatic heterocycles. The Hall–Kier alpha value is -3.12. The van der Waals surface area contributed by atoms with Crippen molar-refractivity contribution in [3.8, 4) is 17.6 Å². The highest BCUT2D eigenvalue weighted by Crippen LogP contribution is 2.39. The monoisotopic (exact) mass is 512 g/mol. The first-order valence-electron chi connectivity index (χ1n) is 12.3. The van der Waals surface area contributed by atoms with Crippen LogP contribution >= 0.6 is 0 Å². The first kappa shape index (κ1) is 26.9. The van der Waals surface area contributed by atoms with E-state index >= 15 is 0 Å². The smallest absolute Gasteiger partial charge is 0.144 e. The standard InChI is InChI=1S/C29H31F3N2O3/c1-19-17-33-26-6-5-21(37-2)16-23(26)28(19)27(36)7-8-29(18-35)9-12-34(13-10-29)11-3-4-22-24(31)14-20(30)15-25(22)32/h5-6,14-17,27,35-36H,7-13,18H2,1-2H3/t27-/m0/s1. The lowest BCUT2D eigenvalue weighted by atomic mass is 9.74. The van der Waals surface area contributed by atoms with Crippen LogP contribution in [0.3, 0.4) is 0 Å². The van der Waals surface area contributed by atoms with Gasteiger partial charge in [-0.25, -0.2) is 13.2 Å². The van der Waals surface area contributed by atoms with Crippen LogP contribution in [0.2, 0.25) is 0 Å². The molecule has 1 atom stereocenters. The Morgan fingerprint density at radius 3 is 2.49 bits per heavy atom. The largest absolute Gasteiger partial charge is 0.497 e. The van der Waals surface area contributed by atoms with Gasteiger partial charge in [0.25, 0.3) is 0 Å². The van der Waals surface area contributed by atoms with Gasteiger partial charge in [0.05, 0.1) is 30.8 Å². The molecule has 2 N–H and O–H groups in total. The Balaban J connectivity index is 1.38. The fourth-order valence-corrected chi connectivity index (χ4v) is 5.02. The molecule has 196 valence electrons. The number of rotatable bonds is 7. The first-order valence-corrected chi connectivity index (χ1v) is 12.3. The highest BCUT2D eigenvalue weighted by atomic mass is 19.1. The molecular weight excluding hydrogens is 481 g/mol. The number of aliphatic hydroxyl groups excluding tert-OH is 2. The molecule has 0 radical (unpaired) electrons. The van der Waals surface area contributed by atoms with E-state index < -0.39 is 29.1 Å². The Morgan fingerprint density at radius 1 is 1.14 bits per heavy atom. The normalized spacial score (nSPS) is 16.3. The SMILES string of the molecule is COc1ccc2ncc(C)c([C@@H](O)CCC3(CO)CCN(CC#Cc4c(F)cc(F)cc4F)CC3)c2c1. The Bertz CT molecular complexity index is 1300. The van der Waals surface area contributed by atoms with Gasteiger partial charge in [-0.15, -0.1) is 0 Å². The summed E-state index contributed by atoms with van der Waals surface area (Å²) in [5.74, 6) is 2.93. The molecule has 0 amide bonds. The maximum absolute atomic E-state index is 13.8. The third kappa shape index (κ3) is 6.07. The van der Waals surface area contributed by atoms with Crippen molar-refractivity contribution in [1.82, 2.24) is 9.88 Å². The van der Waals surface area contributed by atoms with Crippen LogP contribution in [-0.4, -0.2) is 53.4 Å². The minimum atomic E-state index is -1.02. The molecule has 1 aliphatic rings. The van der Waals surface area contributed by atoms with Crippen molar-refractivity contribution in [3.63, 3.8) is 0 Å². The zero-order valence-corrected chi connectivity index (χ0v) is 21.0. The molecule has 1 aromatic heterocycles. The van der Waals surface area contributed by atoms with Gasteiger partial charge < -0.3 is 14.9 Å². The number of likely N-dealkylation sites (tertiary alicyclic amines) is 1. The molecule has 2 heterocycles. The predicted octanol–water partition coefficient (Wildman–Crippen LogP) is 4.91. The van der Waals surface area contributed by atoms with Gasteiger partial charge in [-0.2, -0.15) is 0 Å². The summed E-state index contributed by atoms with van der Waals surface area (Å²) in [7, 11) is 1.60. The molecule has 2 aromatic carbocycles. The zero-order valence-electron chi connectivity index (χ0n) is 21.0. The highest BCUT2D eigenvalue weighted by Gasteiger charge is 2.34. The van der Waals surface area contributed by atoms with E-state index in [1.54, 1.807) is 13.3 Å². The highest BCUT2D eigenvalue weighted by molar-refractivity contribution is 5.84. The average Bonchev–Trinajstić information content (AvgIpc) is 2.89. The summed E-state index contributed by atoms with van der Waals surface area (Å²) >= 11 is 0. The van der Waals surface area contributed by atoms with Gasteiger partial charge in [0, 0.05) is 30.3 Å². The van der Waals surface area contributed by atoms with E-state index in [2.05, 4.69) is 21.7 Å². The van der Waals surface area contributed by atoms with Gasteiger partial charge in [0.15, 0.2) is 0 Å². The Morgan fingerprint density at radius 2 is 1.84 bits per heavy atom. The average molecular weight is 513 g/mol. The van der Waals surface area contributed by atoms with Gasteiger partial charge in [-0.05, 0) is 80.4 Å². The van der Waals surface area contributed by atoms with Gasteiger partial charge in [-0.1, -0.05) is 11.8 Å². The minimum Gasteiger partial charge on any atom is -0.497 e. The van der Waals surface area contributed by atoms with Crippen LogP contribution in [0.4, 0.5) is 13.2 Å². The molecule has 0 unspecified atom stereocenters. The fourth-order valence-electron chi connectivity index (χ4n) is 5.02. The van der Waals surface area contributed by atoms with E-state index in [9.17, 15) is 23.4 Å². The van der Waals surface area contributed by atoms with E-state index in [-0.39, 0.29) is 12.0 Å². The summed E-state index contributed by atoms with van der Waals surface area (Å²) in [5, 5.41) is 22.3. The summed E-state index contributed by atoms with van der Waals surface area (Å²) in [4.78, 5) is 6.52. The number of benzene rings is 2.